The molecule has 1 saturated carbocycles. The maximum Gasteiger partial charge on any atom is 0.307 e. The summed E-state index contributed by atoms with van der Waals surface area (Å²) < 4.78 is 0. The van der Waals surface area contributed by atoms with Crippen LogP contribution in [0.2, 0.25) is 0 Å². The minimum Gasteiger partial charge on any atom is -0.481 e. The van der Waals surface area contributed by atoms with Gasteiger partial charge in [-0.3, -0.25) is 9.59 Å². The summed E-state index contributed by atoms with van der Waals surface area (Å²) in [5, 5.41) is 20.8. The molecule has 3 atom stereocenters. The summed E-state index contributed by atoms with van der Waals surface area (Å²) >= 11 is 0. The molecule has 1 fully saturated rings. The molecular formula is C14H25NO4. The van der Waals surface area contributed by atoms with E-state index in [1.165, 1.54) is 0 Å². The largest absolute Gasteiger partial charge is 0.481 e. The van der Waals surface area contributed by atoms with Crippen molar-refractivity contribution in [2.45, 2.75) is 45.4 Å². The first-order chi connectivity index (χ1) is 9.06. The number of carbonyl (C=O) groups is 2. The van der Waals surface area contributed by atoms with Crippen molar-refractivity contribution in [1.82, 2.24) is 5.32 Å². The highest BCUT2D eigenvalue weighted by Crippen LogP contribution is 2.30. The first-order valence-corrected chi connectivity index (χ1v) is 7.17. The van der Waals surface area contributed by atoms with E-state index in [0.29, 0.717) is 19.4 Å². The van der Waals surface area contributed by atoms with E-state index in [9.17, 15) is 9.59 Å². The Morgan fingerprint density at radius 3 is 2.47 bits per heavy atom. The van der Waals surface area contributed by atoms with Crippen LogP contribution in [0, 0.1) is 17.8 Å². The molecule has 1 aliphatic carbocycles. The number of aliphatic hydroxyl groups excluding tert-OH is 1. The number of hydrogen-bond donors (Lipinski definition) is 3. The Bertz CT molecular complexity index is 306. The predicted octanol–water partition coefficient (Wildman–Crippen LogP) is 1.40. The maximum absolute atomic E-state index is 12.0. The number of carboxylic acids is 1. The van der Waals surface area contributed by atoms with E-state index in [4.69, 9.17) is 10.2 Å². The molecule has 0 aromatic carbocycles. The van der Waals surface area contributed by atoms with Gasteiger partial charge in [0, 0.05) is 13.2 Å². The third-order valence-electron chi connectivity index (χ3n) is 3.90. The second kappa shape index (κ2) is 8.15. The molecule has 0 aromatic heterocycles. The highest BCUT2D eigenvalue weighted by atomic mass is 16.4. The highest BCUT2D eigenvalue weighted by Gasteiger charge is 2.35. The first-order valence-electron chi connectivity index (χ1n) is 7.17. The fraction of sp³-hybridized carbons (Fsp3) is 0.857. The SMILES string of the molecule is CC(CO)CCCNC(=O)[C@@H]1CCCC[C@@H]1C(=O)O. The second-order valence-electron chi connectivity index (χ2n) is 5.56. The van der Waals surface area contributed by atoms with Crippen molar-refractivity contribution in [3.8, 4) is 0 Å². The van der Waals surface area contributed by atoms with E-state index >= 15 is 0 Å². The van der Waals surface area contributed by atoms with Gasteiger partial charge in [-0.1, -0.05) is 19.8 Å². The summed E-state index contributed by atoms with van der Waals surface area (Å²) in [6.45, 7) is 2.69. The molecule has 19 heavy (non-hydrogen) atoms. The Hall–Kier alpha value is -1.10. The van der Waals surface area contributed by atoms with Gasteiger partial charge in [-0.2, -0.15) is 0 Å². The van der Waals surface area contributed by atoms with Crippen molar-refractivity contribution < 1.29 is 19.8 Å². The van der Waals surface area contributed by atoms with Gasteiger partial charge in [0.2, 0.25) is 5.91 Å². The summed E-state index contributed by atoms with van der Waals surface area (Å²) in [5.74, 6) is -1.62. The fourth-order valence-corrected chi connectivity index (χ4v) is 2.62. The number of amides is 1. The molecule has 1 amide bonds. The van der Waals surface area contributed by atoms with Crippen molar-refractivity contribution in [3.05, 3.63) is 0 Å². The molecule has 0 heterocycles. The summed E-state index contributed by atoms with van der Waals surface area (Å²) in [6, 6.07) is 0. The number of nitrogens with one attached hydrogen (secondary N) is 1. The van der Waals surface area contributed by atoms with Crippen LogP contribution in [0.25, 0.3) is 0 Å². The van der Waals surface area contributed by atoms with Crippen molar-refractivity contribution in [2.75, 3.05) is 13.2 Å². The van der Waals surface area contributed by atoms with Crippen LogP contribution in [0.5, 0.6) is 0 Å². The van der Waals surface area contributed by atoms with Gasteiger partial charge in [0.05, 0.1) is 11.8 Å². The zero-order valence-corrected chi connectivity index (χ0v) is 11.6. The van der Waals surface area contributed by atoms with Crippen LogP contribution in [0.4, 0.5) is 0 Å². The van der Waals surface area contributed by atoms with E-state index in [1.54, 1.807) is 0 Å². The van der Waals surface area contributed by atoms with Gasteiger partial charge in [-0.15, -0.1) is 0 Å². The Kier molecular flexibility index (Phi) is 6.84. The number of rotatable bonds is 7. The summed E-state index contributed by atoms with van der Waals surface area (Å²) in [7, 11) is 0. The molecule has 5 nitrogen and oxygen atoms in total. The quantitative estimate of drug-likeness (QED) is 0.611. The normalized spacial score (nSPS) is 24.7. The predicted molar refractivity (Wildman–Crippen MR) is 71.6 cm³/mol. The van der Waals surface area contributed by atoms with Crippen molar-refractivity contribution >= 4 is 11.9 Å². The lowest BCUT2D eigenvalue weighted by atomic mass is 9.78. The maximum atomic E-state index is 12.0. The first kappa shape index (κ1) is 16.0. The topological polar surface area (TPSA) is 86.6 Å². The summed E-state index contributed by atoms with van der Waals surface area (Å²) in [5.41, 5.74) is 0. The van der Waals surface area contributed by atoms with Crippen LogP contribution in [0.3, 0.4) is 0 Å². The molecule has 0 saturated heterocycles. The molecule has 3 N–H and O–H groups in total. The van der Waals surface area contributed by atoms with Gasteiger partial charge < -0.3 is 15.5 Å². The molecule has 1 rings (SSSR count). The summed E-state index contributed by atoms with van der Waals surface area (Å²) in [6.07, 6.45) is 4.80. The van der Waals surface area contributed by atoms with Gasteiger partial charge in [0.25, 0.3) is 0 Å². The molecule has 0 aromatic rings. The highest BCUT2D eigenvalue weighted by molar-refractivity contribution is 5.84. The minimum absolute atomic E-state index is 0.122. The number of carboxylic acid groups (broad SMARTS) is 1. The average Bonchev–Trinajstić information content (AvgIpc) is 2.42. The summed E-state index contributed by atoms with van der Waals surface area (Å²) in [4.78, 5) is 23.1. The lowest BCUT2D eigenvalue weighted by molar-refractivity contribution is -0.148. The number of aliphatic hydroxyl groups is 1. The molecule has 0 aliphatic heterocycles. The van der Waals surface area contributed by atoms with Crippen LogP contribution in [0.1, 0.15) is 45.4 Å². The number of aliphatic carboxylic acids is 1. The van der Waals surface area contributed by atoms with Crippen LogP contribution in [-0.2, 0) is 9.59 Å². The number of carbonyl (C=O) groups excluding carboxylic acids is 1. The van der Waals surface area contributed by atoms with Gasteiger partial charge in [0.1, 0.15) is 0 Å². The molecular weight excluding hydrogens is 246 g/mol. The van der Waals surface area contributed by atoms with Crippen LogP contribution in [0.15, 0.2) is 0 Å². The molecule has 0 bridgehead atoms. The molecule has 1 aliphatic rings. The third-order valence-corrected chi connectivity index (χ3v) is 3.90. The van der Waals surface area contributed by atoms with Crippen molar-refractivity contribution in [1.29, 1.82) is 0 Å². The Morgan fingerprint density at radius 1 is 1.26 bits per heavy atom. The lowest BCUT2D eigenvalue weighted by Crippen LogP contribution is -2.40. The third kappa shape index (κ3) is 5.19. The lowest BCUT2D eigenvalue weighted by Gasteiger charge is -2.27. The smallest absolute Gasteiger partial charge is 0.307 e. The standard InChI is InChI=1S/C14H25NO4/c1-10(9-16)5-4-8-15-13(17)11-6-2-3-7-12(11)14(18)19/h10-12,16H,2-9H2,1H3,(H,15,17)(H,18,19)/t10?,11-,12+/m1/s1. The van der Waals surface area contributed by atoms with E-state index in [2.05, 4.69) is 5.32 Å². The van der Waals surface area contributed by atoms with Crippen LogP contribution >= 0.6 is 0 Å². The zero-order chi connectivity index (χ0) is 14.3. The fourth-order valence-electron chi connectivity index (χ4n) is 2.62. The van der Waals surface area contributed by atoms with Crippen molar-refractivity contribution in [2.24, 2.45) is 17.8 Å². The average molecular weight is 271 g/mol. The van der Waals surface area contributed by atoms with Crippen molar-refractivity contribution in [3.63, 3.8) is 0 Å². The second-order valence-corrected chi connectivity index (χ2v) is 5.56. The molecule has 0 spiro atoms. The molecule has 1 unspecified atom stereocenters. The van der Waals surface area contributed by atoms with Gasteiger partial charge >= 0.3 is 5.97 Å². The Labute approximate surface area is 114 Å². The molecule has 0 radical (unpaired) electrons. The van der Waals surface area contributed by atoms with Crippen LogP contribution < -0.4 is 5.32 Å². The molecule has 110 valence electrons. The van der Waals surface area contributed by atoms with Crippen LogP contribution in [-0.4, -0.2) is 35.2 Å². The Balaban J connectivity index is 2.32. The van der Waals surface area contributed by atoms with Gasteiger partial charge in [-0.25, -0.2) is 0 Å². The van der Waals surface area contributed by atoms with E-state index < -0.39 is 11.9 Å². The number of hydrogen-bond acceptors (Lipinski definition) is 3. The van der Waals surface area contributed by atoms with E-state index in [-0.39, 0.29) is 24.3 Å². The Morgan fingerprint density at radius 2 is 1.89 bits per heavy atom. The van der Waals surface area contributed by atoms with Gasteiger partial charge in [-0.05, 0) is 31.6 Å². The molecule has 5 heteroatoms. The van der Waals surface area contributed by atoms with E-state index in [0.717, 1.165) is 25.7 Å². The monoisotopic (exact) mass is 271 g/mol. The van der Waals surface area contributed by atoms with E-state index in [1.807, 2.05) is 6.92 Å². The zero-order valence-electron chi connectivity index (χ0n) is 11.6. The minimum atomic E-state index is -0.853. The van der Waals surface area contributed by atoms with Gasteiger partial charge in [0.15, 0.2) is 0 Å².